The summed E-state index contributed by atoms with van der Waals surface area (Å²) in [5.41, 5.74) is 1.44. The first-order valence-corrected chi connectivity index (χ1v) is 6.06. The van der Waals surface area contributed by atoms with Gasteiger partial charge in [-0.3, -0.25) is 9.88 Å². The third-order valence-electron chi connectivity index (χ3n) is 3.25. The molecule has 1 aromatic heterocycles. The number of nitrogens with zero attached hydrogens (tertiary/aromatic N) is 2. The summed E-state index contributed by atoms with van der Waals surface area (Å²) in [6.07, 6.45) is 9.09. The van der Waals surface area contributed by atoms with E-state index in [0.29, 0.717) is 6.04 Å². The second-order valence-electron chi connectivity index (χ2n) is 4.33. The summed E-state index contributed by atoms with van der Waals surface area (Å²) >= 11 is 0. The van der Waals surface area contributed by atoms with Crippen LogP contribution < -0.4 is 0 Å². The lowest BCUT2D eigenvalue weighted by atomic mass is 10.1. The Balaban J connectivity index is 2.01. The van der Waals surface area contributed by atoms with Gasteiger partial charge < -0.3 is 0 Å². The quantitative estimate of drug-likeness (QED) is 0.749. The molecule has 0 amide bonds. The SMILES string of the molecule is CCCCN1CCC[C@H]1c1ccncc1. The van der Waals surface area contributed by atoms with Crippen molar-refractivity contribution in [2.45, 2.75) is 38.6 Å². The van der Waals surface area contributed by atoms with Crippen molar-refractivity contribution in [3.8, 4) is 0 Å². The monoisotopic (exact) mass is 204 g/mol. The molecule has 0 spiro atoms. The molecule has 0 radical (unpaired) electrons. The Kier molecular flexibility index (Phi) is 3.73. The Morgan fingerprint density at radius 1 is 1.40 bits per heavy atom. The third-order valence-corrected chi connectivity index (χ3v) is 3.25. The molecule has 1 aromatic rings. The van der Waals surface area contributed by atoms with Gasteiger partial charge in [-0.15, -0.1) is 0 Å². The van der Waals surface area contributed by atoms with Gasteiger partial charge in [0.2, 0.25) is 0 Å². The van der Waals surface area contributed by atoms with Crippen molar-refractivity contribution in [3.63, 3.8) is 0 Å². The number of hydrogen-bond acceptors (Lipinski definition) is 2. The molecule has 1 fully saturated rings. The van der Waals surface area contributed by atoms with Crippen molar-refractivity contribution in [2.24, 2.45) is 0 Å². The average Bonchev–Trinajstić information content (AvgIpc) is 2.75. The summed E-state index contributed by atoms with van der Waals surface area (Å²) in [6, 6.07) is 4.98. The lowest BCUT2D eigenvalue weighted by Crippen LogP contribution is -2.24. The number of aromatic nitrogens is 1. The molecule has 2 heterocycles. The lowest BCUT2D eigenvalue weighted by Gasteiger charge is -2.24. The molecule has 15 heavy (non-hydrogen) atoms. The van der Waals surface area contributed by atoms with Gasteiger partial charge >= 0.3 is 0 Å². The third kappa shape index (κ3) is 2.57. The highest BCUT2D eigenvalue weighted by Gasteiger charge is 2.24. The highest BCUT2D eigenvalue weighted by Crippen LogP contribution is 2.31. The number of likely N-dealkylation sites (tertiary alicyclic amines) is 1. The van der Waals surface area contributed by atoms with Crippen molar-refractivity contribution in [2.75, 3.05) is 13.1 Å². The maximum Gasteiger partial charge on any atom is 0.0349 e. The highest BCUT2D eigenvalue weighted by molar-refractivity contribution is 5.16. The minimum Gasteiger partial charge on any atom is -0.296 e. The van der Waals surface area contributed by atoms with Gasteiger partial charge in [-0.05, 0) is 50.0 Å². The van der Waals surface area contributed by atoms with Crippen LogP contribution in [0, 0.1) is 0 Å². The van der Waals surface area contributed by atoms with E-state index in [0.717, 1.165) is 0 Å². The standard InChI is InChI=1S/C13H20N2/c1-2-3-10-15-11-4-5-13(15)12-6-8-14-9-7-12/h6-9,13H,2-5,10-11H2,1H3/t13-/m0/s1. The Hall–Kier alpha value is -0.890. The van der Waals surface area contributed by atoms with Crippen LogP contribution in [-0.4, -0.2) is 23.0 Å². The van der Waals surface area contributed by atoms with Gasteiger partial charge in [-0.1, -0.05) is 13.3 Å². The largest absolute Gasteiger partial charge is 0.296 e. The zero-order chi connectivity index (χ0) is 10.5. The molecule has 2 nitrogen and oxygen atoms in total. The van der Waals surface area contributed by atoms with Gasteiger partial charge in [0.05, 0.1) is 0 Å². The van der Waals surface area contributed by atoms with Crippen LogP contribution in [0.3, 0.4) is 0 Å². The van der Waals surface area contributed by atoms with Crippen LogP contribution in [0.5, 0.6) is 0 Å². The molecule has 0 aliphatic carbocycles. The zero-order valence-corrected chi connectivity index (χ0v) is 9.52. The highest BCUT2D eigenvalue weighted by atomic mass is 15.2. The molecule has 2 rings (SSSR count). The van der Waals surface area contributed by atoms with E-state index in [-0.39, 0.29) is 0 Å². The fraction of sp³-hybridized carbons (Fsp3) is 0.615. The number of unbranched alkanes of at least 4 members (excludes halogenated alkanes) is 1. The first-order valence-electron chi connectivity index (χ1n) is 6.06. The Labute approximate surface area is 92.3 Å². The van der Waals surface area contributed by atoms with Crippen LogP contribution in [0.15, 0.2) is 24.5 Å². The minimum absolute atomic E-state index is 0.652. The van der Waals surface area contributed by atoms with Gasteiger partial charge in [0, 0.05) is 18.4 Å². The molecule has 1 aliphatic rings. The van der Waals surface area contributed by atoms with Crippen molar-refractivity contribution >= 4 is 0 Å². The molecule has 0 saturated carbocycles. The van der Waals surface area contributed by atoms with E-state index in [9.17, 15) is 0 Å². The van der Waals surface area contributed by atoms with Gasteiger partial charge in [-0.25, -0.2) is 0 Å². The van der Waals surface area contributed by atoms with Crippen LogP contribution in [0.25, 0.3) is 0 Å². The van der Waals surface area contributed by atoms with Gasteiger partial charge in [0.1, 0.15) is 0 Å². The molecule has 1 atom stereocenters. The van der Waals surface area contributed by atoms with Crippen molar-refractivity contribution < 1.29 is 0 Å². The molecule has 1 saturated heterocycles. The summed E-state index contributed by atoms with van der Waals surface area (Å²) in [5.74, 6) is 0. The second kappa shape index (κ2) is 5.26. The molecule has 0 N–H and O–H groups in total. The van der Waals surface area contributed by atoms with Crippen LogP contribution in [0.2, 0.25) is 0 Å². The predicted molar refractivity (Wildman–Crippen MR) is 62.7 cm³/mol. The fourth-order valence-corrected chi connectivity index (χ4v) is 2.42. The van der Waals surface area contributed by atoms with E-state index < -0.39 is 0 Å². The van der Waals surface area contributed by atoms with Crippen molar-refractivity contribution in [3.05, 3.63) is 30.1 Å². The van der Waals surface area contributed by atoms with Gasteiger partial charge in [0.25, 0.3) is 0 Å². The van der Waals surface area contributed by atoms with Crippen LogP contribution >= 0.6 is 0 Å². The van der Waals surface area contributed by atoms with Crippen molar-refractivity contribution in [1.82, 2.24) is 9.88 Å². The average molecular weight is 204 g/mol. The molecule has 82 valence electrons. The maximum absolute atomic E-state index is 4.09. The normalized spacial score (nSPS) is 22.1. The fourth-order valence-electron chi connectivity index (χ4n) is 2.42. The molecular formula is C13H20N2. The van der Waals surface area contributed by atoms with E-state index in [2.05, 4.69) is 28.9 Å². The summed E-state index contributed by atoms with van der Waals surface area (Å²) in [5, 5.41) is 0. The van der Waals surface area contributed by atoms with Gasteiger partial charge in [-0.2, -0.15) is 0 Å². The number of pyridine rings is 1. The smallest absolute Gasteiger partial charge is 0.0349 e. The Bertz CT molecular complexity index is 284. The van der Waals surface area contributed by atoms with E-state index in [4.69, 9.17) is 0 Å². The van der Waals surface area contributed by atoms with E-state index in [1.807, 2.05) is 12.4 Å². The zero-order valence-electron chi connectivity index (χ0n) is 9.52. The molecular weight excluding hydrogens is 184 g/mol. The van der Waals surface area contributed by atoms with Crippen molar-refractivity contribution in [1.29, 1.82) is 0 Å². The lowest BCUT2D eigenvalue weighted by molar-refractivity contribution is 0.253. The second-order valence-corrected chi connectivity index (χ2v) is 4.33. The van der Waals surface area contributed by atoms with Crippen LogP contribution in [0.4, 0.5) is 0 Å². The minimum atomic E-state index is 0.652. The Morgan fingerprint density at radius 2 is 2.20 bits per heavy atom. The summed E-state index contributed by atoms with van der Waals surface area (Å²) in [4.78, 5) is 6.71. The summed E-state index contributed by atoms with van der Waals surface area (Å²) < 4.78 is 0. The molecule has 1 aliphatic heterocycles. The predicted octanol–water partition coefficient (Wildman–Crippen LogP) is 3.02. The van der Waals surface area contributed by atoms with Gasteiger partial charge in [0.15, 0.2) is 0 Å². The van der Waals surface area contributed by atoms with Crippen LogP contribution in [0.1, 0.15) is 44.2 Å². The van der Waals surface area contributed by atoms with Crippen LogP contribution in [-0.2, 0) is 0 Å². The molecule has 0 unspecified atom stereocenters. The maximum atomic E-state index is 4.09. The summed E-state index contributed by atoms with van der Waals surface area (Å²) in [7, 11) is 0. The Morgan fingerprint density at radius 3 is 2.93 bits per heavy atom. The molecule has 0 aromatic carbocycles. The first-order chi connectivity index (χ1) is 7.42. The number of hydrogen-bond donors (Lipinski definition) is 0. The molecule has 2 heteroatoms. The number of rotatable bonds is 4. The first kappa shape index (κ1) is 10.6. The van der Waals surface area contributed by atoms with E-state index >= 15 is 0 Å². The van der Waals surface area contributed by atoms with E-state index in [1.54, 1.807) is 0 Å². The summed E-state index contributed by atoms with van der Waals surface area (Å²) in [6.45, 7) is 4.79. The topological polar surface area (TPSA) is 16.1 Å². The molecule has 0 bridgehead atoms. The van der Waals surface area contributed by atoms with E-state index in [1.165, 1.54) is 44.3 Å².